The van der Waals surface area contributed by atoms with Crippen molar-refractivity contribution in [2.45, 2.75) is 51.8 Å². The van der Waals surface area contributed by atoms with Gasteiger partial charge in [-0.25, -0.2) is 0 Å². The molecular weight excluding hydrogens is 187 g/mol. The zero-order valence-corrected chi connectivity index (χ0v) is 10.6. The molecule has 2 fully saturated rings. The first-order chi connectivity index (χ1) is 6.96. The number of hydrogen-bond acceptors (Lipinski definition) is 2. The summed E-state index contributed by atoms with van der Waals surface area (Å²) >= 11 is 0. The van der Waals surface area contributed by atoms with Crippen molar-refractivity contribution < 1.29 is 9.47 Å². The van der Waals surface area contributed by atoms with Gasteiger partial charge in [-0.1, -0.05) is 27.7 Å². The fourth-order valence-corrected chi connectivity index (χ4v) is 3.63. The average molecular weight is 210 g/mol. The minimum atomic E-state index is 0.0203. The van der Waals surface area contributed by atoms with Gasteiger partial charge in [0.25, 0.3) is 0 Å². The van der Waals surface area contributed by atoms with Crippen molar-refractivity contribution in [2.24, 2.45) is 17.8 Å². The van der Waals surface area contributed by atoms with Crippen molar-refractivity contribution in [2.75, 3.05) is 6.61 Å². The number of ether oxygens (including phenoxy) is 2. The van der Waals surface area contributed by atoms with Gasteiger partial charge in [-0.15, -0.1) is 0 Å². The Morgan fingerprint density at radius 3 is 2.47 bits per heavy atom. The van der Waals surface area contributed by atoms with Gasteiger partial charge >= 0.3 is 0 Å². The van der Waals surface area contributed by atoms with Crippen LogP contribution in [0.1, 0.15) is 34.1 Å². The third-order valence-electron chi connectivity index (χ3n) is 3.84. The lowest BCUT2D eigenvalue weighted by Crippen LogP contribution is -2.41. The van der Waals surface area contributed by atoms with Crippen molar-refractivity contribution in [1.29, 1.82) is 0 Å². The quantitative estimate of drug-likeness (QED) is 0.656. The molecule has 0 aromatic carbocycles. The Labute approximate surface area is 94.1 Å². The Bertz CT molecular complexity index is 242. The highest BCUT2D eigenvalue weighted by Gasteiger charge is 2.60. The fraction of sp³-hybridized carbons (Fsp3) is 1.00. The lowest BCUT2D eigenvalue weighted by Gasteiger charge is -2.34. The van der Waals surface area contributed by atoms with E-state index in [0.29, 0.717) is 23.9 Å². The summed E-state index contributed by atoms with van der Waals surface area (Å²) in [5, 5.41) is 0. The van der Waals surface area contributed by atoms with Gasteiger partial charge in [-0.2, -0.15) is 0 Å². The van der Waals surface area contributed by atoms with Crippen LogP contribution >= 0.6 is 0 Å². The van der Waals surface area contributed by atoms with Crippen LogP contribution in [0.5, 0.6) is 0 Å². The monoisotopic (exact) mass is 210 g/mol. The minimum absolute atomic E-state index is 0.0203. The van der Waals surface area contributed by atoms with Crippen LogP contribution in [0.25, 0.3) is 0 Å². The van der Waals surface area contributed by atoms with Gasteiger partial charge in [0.05, 0.1) is 24.3 Å². The molecule has 15 heavy (non-hydrogen) atoms. The highest BCUT2D eigenvalue weighted by molar-refractivity contribution is 6.11. The molecule has 0 saturated carbocycles. The van der Waals surface area contributed by atoms with Gasteiger partial charge in [-0.3, -0.25) is 0 Å². The number of rotatable bonds is 3. The van der Waals surface area contributed by atoms with Crippen molar-refractivity contribution in [3.8, 4) is 0 Å². The zero-order chi connectivity index (χ0) is 11.2. The van der Waals surface area contributed by atoms with E-state index in [2.05, 4.69) is 35.5 Å². The van der Waals surface area contributed by atoms with Crippen LogP contribution in [-0.4, -0.2) is 32.2 Å². The van der Waals surface area contributed by atoms with Gasteiger partial charge in [0.2, 0.25) is 0 Å². The Morgan fingerprint density at radius 2 is 2.00 bits per heavy atom. The second-order valence-corrected chi connectivity index (χ2v) is 6.03. The minimum Gasteiger partial charge on any atom is -0.375 e. The van der Waals surface area contributed by atoms with Crippen molar-refractivity contribution in [1.82, 2.24) is 0 Å². The normalized spacial score (nSPS) is 44.5. The maximum Gasteiger partial charge on any atom is 0.142 e. The van der Waals surface area contributed by atoms with E-state index in [4.69, 9.17) is 9.47 Å². The fourth-order valence-electron chi connectivity index (χ4n) is 3.63. The first-order valence-corrected chi connectivity index (χ1v) is 6.25. The SMILES string of the molecule is BC1OC2(CC(C)C)COC1C2C(C)C. The summed E-state index contributed by atoms with van der Waals surface area (Å²) in [7, 11) is 2.15. The molecule has 2 saturated heterocycles. The highest BCUT2D eigenvalue weighted by Crippen LogP contribution is 2.50. The topological polar surface area (TPSA) is 18.5 Å². The first kappa shape index (κ1) is 11.5. The van der Waals surface area contributed by atoms with E-state index < -0.39 is 0 Å². The molecule has 0 radical (unpaired) electrons. The molecule has 4 unspecified atom stereocenters. The van der Waals surface area contributed by atoms with Crippen LogP contribution < -0.4 is 0 Å². The van der Waals surface area contributed by atoms with Gasteiger partial charge < -0.3 is 9.47 Å². The molecule has 2 aliphatic heterocycles. The van der Waals surface area contributed by atoms with Crippen LogP contribution in [0.15, 0.2) is 0 Å². The summed E-state index contributed by atoms with van der Waals surface area (Å²) in [6.45, 7) is 9.94. The van der Waals surface area contributed by atoms with E-state index in [-0.39, 0.29) is 11.6 Å². The largest absolute Gasteiger partial charge is 0.375 e. The van der Waals surface area contributed by atoms with Gasteiger partial charge in [-0.05, 0) is 18.3 Å². The Balaban J connectivity index is 2.21. The number of hydrogen-bond donors (Lipinski definition) is 0. The average Bonchev–Trinajstić information content (AvgIpc) is 2.53. The third kappa shape index (κ3) is 1.74. The second kappa shape index (κ2) is 3.78. The predicted molar refractivity (Wildman–Crippen MR) is 63.7 cm³/mol. The lowest BCUT2D eigenvalue weighted by molar-refractivity contribution is -0.122. The number of fused-ring (bicyclic) bond motifs is 2. The molecule has 0 N–H and O–H groups in total. The molecule has 2 nitrogen and oxygen atoms in total. The molecule has 0 amide bonds. The standard InChI is InChI=1S/C12H23BO2/c1-7(2)5-12-6-14-10(11(13)15-12)9(12)8(3)4/h7-11H,5-6,13H2,1-4H3. The van der Waals surface area contributed by atoms with Crippen LogP contribution in [0.3, 0.4) is 0 Å². The molecule has 3 heteroatoms. The van der Waals surface area contributed by atoms with Crippen LogP contribution in [-0.2, 0) is 9.47 Å². The van der Waals surface area contributed by atoms with E-state index in [9.17, 15) is 0 Å². The molecule has 0 aliphatic carbocycles. The Morgan fingerprint density at radius 1 is 1.33 bits per heavy atom. The highest BCUT2D eigenvalue weighted by atomic mass is 16.6. The van der Waals surface area contributed by atoms with Crippen LogP contribution in [0.2, 0.25) is 0 Å². The summed E-state index contributed by atoms with van der Waals surface area (Å²) in [6.07, 6.45) is 1.47. The summed E-state index contributed by atoms with van der Waals surface area (Å²) in [6, 6.07) is 0.282. The molecule has 0 spiro atoms. The summed E-state index contributed by atoms with van der Waals surface area (Å²) < 4.78 is 12.1. The Hall–Kier alpha value is -0.0151. The molecule has 0 aromatic rings. The van der Waals surface area contributed by atoms with E-state index in [1.807, 2.05) is 0 Å². The second-order valence-electron chi connectivity index (χ2n) is 6.03. The van der Waals surface area contributed by atoms with Crippen molar-refractivity contribution in [3.63, 3.8) is 0 Å². The molecule has 2 bridgehead atoms. The van der Waals surface area contributed by atoms with E-state index in [1.54, 1.807) is 0 Å². The third-order valence-corrected chi connectivity index (χ3v) is 3.84. The van der Waals surface area contributed by atoms with E-state index in [0.717, 1.165) is 13.0 Å². The zero-order valence-electron chi connectivity index (χ0n) is 10.6. The molecule has 4 atom stereocenters. The molecule has 2 heterocycles. The van der Waals surface area contributed by atoms with Crippen molar-refractivity contribution >= 4 is 7.85 Å². The smallest absolute Gasteiger partial charge is 0.142 e. The molecule has 2 aliphatic rings. The Kier molecular flexibility index (Phi) is 2.89. The molecule has 86 valence electrons. The van der Waals surface area contributed by atoms with Gasteiger partial charge in [0.15, 0.2) is 0 Å². The maximum atomic E-state index is 6.21. The van der Waals surface area contributed by atoms with Crippen molar-refractivity contribution in [3.05, 3.63) is 0 Å². The summed E-state index contributed by atoms with van der Waals surface area (Å²) in [4.78, 5) is 0. The molecule has 2 rings (SSSR count). The summed E-state index contributed by atoms with van der Waals surface area (Å²) in [5.74, 6) is 1.93. The van der Waals surface area contributed by atoms with Crippen LogP contribution in [0, 0.1) is 17.8 Å². The van der Waals surface area contributed by atoms with E-state index >= 15 is 0 Å². The predicted octanol–water partition coefficient (Wildman–Crippen LogP) is 1.43. The molecule has 0 aromatic heterocycles. The van der Waals surface area contributed by atoms with Crippen LogP contribution in [0.4, 0.5) is 0 Å². The maximum absolute atomic E-state index is 6.21. The first-order valence-electron chi connectivity index (χ1n) is 6.25. The van der Waals surface area contributed by atoms with Gasteiger partial charge in [0.1, 0.15) is 7.85 Å². The molecular formula is C12H23BO2. The van der Waals surface area contributed by atoms with E-state index in [1.165, 1.54) is 0 Å². The van der Waals surface area contributed by atoms with Gasteiger partial charge in [0, 0.05) is 5.92 Å². The lowest BCUT2D eigenvalue weighted by atomic mass is 9.74. The summed E-state index contributed by atoms with van der Waals surface area (Å²) in [5.41, 5.74) is 0.0203.